The second kappa shape index (κ2) is 6.69. The molecule has 0 aromatic carbocycles. The van der Waals surface area contributed by atoms with Crippen LogP contribution in [0.3, 0.4) is 0 Å². The van der Waals surface area contributed by atoms with Crippen LogP contribution in [0.4, 0.5) is 5.82 Å². The smallest absolute Gasteiger partial charge is 0.252 e. The molecular formula is C15H17N3O2S. The average molecular weight is 303 g/mol. The molecule has 5 nitrogen and oxygen atoms in total. The molecular weight excluding hydrogens is 286 g/mol. The zero-order valence-electron chi connectivity index (χ0n) is 11.6. The molecule has 1 aliphatic rings. The van der Waals surface area contributed by atoms with Crippen LogP contribution in [0.15, 0.2) is 35.2 Å². The van der Waals surface area contributed by atoms with E-state index in [1.165, 1.54) is 11.3 Å². The lowest BCUT2D eigenvalue weighted by molar-refractivity contribution is 0.0951. The SMILES string of the molecule is O=C(NCc1cccnc1N1CCOCC1)c1ccsc1. The first kappa shape index (κ1) is 14.0. The lowest BCUT2D eigenvalue weighted by Gasteiger charge is -2.29. The molecule has 3 rings (SSSR count). The predicted molar refractivity (Wildman–Crippen MR) is 82.8 cm³/mol. The zero-order valence-corrected chi connectivity index (χ0v) is 12.4. The van der Waals surface area contributed by atoms with Crippen molar-refractivity contribution >= 4 is 23.1 Å². The molecule has 0 spiro atoms. The van der Waals surface area contributed by atoms with Gasteiger partial charge in [0, 0.05) is 42.3 Å². The Bertz CT molecular complexity index is 595. The van der Waals surface area contributed by atoms with Crippen molar-refractivity contribution in [2.24, 2.45) is 0 Å². The molecule has 1 amide bonds. The standard InChI is InChI=1S/C15H17N3O2S/c19-15(13-3-9-21-11-13)17-10-12-2-1-4-16-14(12)18-5-7-20-8-6-18/h1-4,9,11H,5-8,10H2,(H,17,19). The number of amides is 1. The lowest BCUT2D eigenvalue weighted by atomic mass is 10.2. The van der Waals surface area contributed by atoms with Gasteiger partial charge in [0.2, 0.25) is 0 Å². The van der Waals surface area contributed by atoms with E-state index in [1.54, 1.807) is 6.20 Å². The summed E-state index contributed by atoms with van der Waals surface area (Å²) < 4.78 is 5.37. The number of carbonyl (C=O) groups is 1. The molecule has 2 aromatic rings. The van der Waals surface area contributed by atoms with Crippen LogP contribution in [0.1, 0.15) is 15.9 Å². The van der Waals surface area contributed by atoms with E-state index in [2.05, 4.69) is 15.2 Å². The first-order valence-corrected chi connectivity index (χ1v) is 7.86. The third-order valence-corrected chi connectivity index (χ3v) is 4.08. The number of hydrogen-bond acceptors (Lipinski definition) is 5. The molecule has 0 unspecified atom stereocenters. The van der Waals surface area contributed by atoms with E-state index < -0.39 is 0 Å². The number of aromatic nitrogens is 1. The van der Waals surface area contributed by atoms with Crippen molar-refractivity contribution in [3.05, 3.63) is 46.3 Å². The summed E-state index contributed by atoms with van der Waals surface area (Å²) in [6, 6.07) is 5.73. The fourth-order valence-electron chi connectivity index (χ4n) is 2.30. The minimum atomic E-state index is -0.0481. The number of hydrogen-bond donors (Lipinski definition) is 1. The van der Waals surface area contributed by atoms with Gasteiger partial charge in [-0.05, 0) is 17.5 Å². The van der Waals surface area contributed by atoms with Gasteiger partial charge in [0.05, 0.1) is 13.2 Å². The molecule has 3 heterocycles. The Kier molecular flexibility index (Phi) is 4.47. The second-order valence-electron chi connectivity index (χ2n) is 4.78. The summed E-state index contributed by atoms with van der Waals surface area (Å²) in [5, 5.41) is 6.70. The number of ether oxygens (including phenoxy) is 1. The van der Waals surface area contributed by atoms with Crippen molar-refractivity contribution in [3.63, 3.8) is 0 Å². The van der Waals surface area contributed by atoms with Gasteiger partial charge in [-0.3, -0.25) is 4.79 Å². The number of rotatable bonds is 4. The molecule has 2 aromatic heterocycles. The Labute approximate surface area is 127 Å². The highest BCUT2D eigenvalue weighted by Gasteiger charge is 2.16. The highest BCUT2D eigenvalue weighted by atomic mass is 32.1. The molecule has 1 fully saturated rings. The zero-order chi connectivity index (χ0) is 14.5. The highest BCUT2D eigenvalue weighted by molar-refractivity contribution is 7.08. The fourth-order valence-corrected chi connectivity index (χ4v) is 2.94. The van der Waals surface area contributed by atoms with Crippen molar-refractivity contribution in [1.29, 1.82) is 0 Å². The Balaban J connectivity index is 1.69. The van der Waals surface area contributed by atoms with E-state index >= 15 is 0 Å². The molecule has 21 heavy (non-hydrogen) atoms. The van der Waals surface area contributed by atoms with E-state index in [4.69, 9.17) is 4.74 Å². The molecule has 0 aliphatic carbocycles. The van der Waals surface area contributed by atoms with Gasteiger partial charge in [-0.25, -0.2) is 4.98 Å². The van der Waals surface area contributed by atoms with Gasteiger partial charge in [0.15, 0.2) is 0 Å². The average Bonchev–Trinajstić information content (AvgIpc) is 3.08. The maximum Gasteiger partial charge on any atom is 0.252 e. The van der Waals surface area contributed by atoms with Crippen molar-refractivity contribution in [3.8, 4) is 0 Å². The van der Waals surface area contributed by atoms with E-state index in [9.17, 15) is 4.79 Å². The van der Waals surface area contributed by atoms with E-state index in [-0.39, 0.29) is 5.91 Å². The summed E-state index contributed by atoms with van der Waals surface area (Å²) in [5.74, 6) is 0.888. The van der Waals surface area contributed by atoms with E-state index in [1.807, 2.05) is 29.0 Å². The van der Waals surface area contributed by atoms with Crippen LogP contribution < -0.4 is 10.2 Å². The molecule has 0 bridgehead atoms. The van der Waals surface area contributed by atoms with Gasteiger partial charge in [-0.15, -0.1) is 0 Å². The molecule has 0 radical (unpaired) electrons. The summed E-state index contributed by atoms with van der Waals surface area (Å²) in [6.45, 7) is 3.59. The molecule has 110 valence electrons. The minimum Gasteiger partial charge on any atom is -0.378 e. The second-order valence-corrected chi connectivity index (χ2v) is 5.56. The third-order valence-electron chi connectivity index (χ3n) is 3.40. The Morgan fingerprint density at radius 1 is 1.38 bits per heavy atom. The lowest BCUT2D eigenvalue weighted by Crippen LogP contribution is -2.37. The molecule has 0 atom stereocenters. The monoisotopic (exact) mass is 303 g/mol. The number of thiophene rings is 1. The van der Waals surface area contributed by atoms with Crippen molar-refractivity contribution in [2.45, 2.75) is 6.54 Å². The van der Waals surface area contributed by atoms with Crippen LogP contribution in [0.25, 0.3) is 0 Å². The Morgan fingerprint density at radius 3 is 3.00 bits per heavy atom. The molecule has 6 heteroatoms. The first-order chi connectivity index (χ1) is 10.3. The van der Waals surface area contributed by atoms with Gasteiger partial charge in [-0.2, -0.15) is 11.3 Å². The van der Waals surface area contributed by atoms with Crippen LogP contribution in [0, 0.1) is 0 Å². The molecule has 1 saturated heterocycles. The largest absolute Gasteiger partial charge is 0.378 e. The summed E-state index contributed by atoms with van der Waals surface area (Å²) >= 11 is 1.52. The van der Waals surface area contributed by atoms with Gasteiger partial charge in [0.25, 0.3) is 5.91 Å². The summed E-state index contributed by atoms with van der Waals surface area (Å²) in [4.78, 5) is 18.7. The number of pyridine rings is 1. The molecule has 1 N–H and O–H groups in total. The predicted octanol–water partition coefficient (Wildman–Crippen LogP) is 1.91. The summed E-state index contributed by atoms with van der Waals surface area (Å²) in [6.07, 6.45) is 1.79. The van der Waals surface area contributed by atoms with Gasteiger partial charge in [0.1, 0.15) is 5.82 Å². The topological polar surface area (TPSA) is 54.5 Å². The molecule has 1 aliphatic heterocycles. The van der Waals surface area contributed by atoms with Crippen LogP contribution in [0.2, 0.25) is 0 Å². The Morgan fingerprint density at radius 2 is 2.24 bits per heavy atom. The van der Waals surface area contributed by atoms with Crippen LogP contribution in [-0.4, -0.2) is 37.2 Å². The number of carbonyl (C=O) groups excluding carboxylic acids is 1. The van der Waals surface area contributed by atoms with Crippen molar-refractivity contribution in [2.75, 3.05) is 31.2 Å². The van der Waals surface area contributed by atoms with Gasteiger partial charge < -0.3 is 15.0 Å². The summed E-state index contributed by atoms with van der Waals surface area (Å²) in [5.41, 5.74) is 1.74. The van der Waals surface area contributed by atoms with Crippen LogP contribution >= 0.6 is 11.3 Å². The molecule has 0 saturated carbocycles. The maximum atomic E-state index is 12.0. The third kappa shape index (κ3) is 3.40. The normalized spacial score (nSPS) is 15.0. The van der Waals surface area contributed by atoms with Gasteiger partial charge in [-0.1, -0.05) is 6.07 Å². The Hall–Kier alpha value is -1.92. The summed E-state index contributed by atoms with van der Waals surface area (Å²) in [7, 11) is 0. The van der Waals surface area contributed by atoms with Crippen molar-refractivity contribution in [1.82, 2.24) is 10.3 Å². The van der Waals surface area contributed by atoms with Crippen molar-refractivity contribution < 1.29 is 9.53 Å². The minimum absolute atomic E-state index is 0.0481. The van der Waals surface area contributed by atoms with Crippen LogP contribution in [0.5, 0.6) is 0 Å². The quantitative estimate of drug-likeness (QED) is 0.937. The number of nitrogens with one attached hydrogen (secondary N) is 1. The number of anilines is 1. The van der Waals surface area contributed by atoms with Crippen LogP contribution in [-0.2, 0) is 11.3 Å². The van der Waals surface area contributed by atoms with Gasteiger partial charge >= 0.3 is 0 Å². The van der Waals surface area contributed by atoms with E-state index in [0.717, 1.165) is 37.7 Å². The highest BCUT2D eigenvalue weighted by Crippen LogP contribution is 2.18. The number of morpholine rings is 1. The number of nitrogens with zero attached hydrogens (tertiary/aromatic N) is 2. The first-order valence-electron chi connectivity index (χ1n) is 6.91. The maximum absolute atomic E-state index is 12.0. The van der Waals surface area contributed by atoms with E-state index in [0.29, 0.717) is 12.1 Å². The fraction of sp³-hybridized carbons (Fsp3) is 0.333.